The van der Waals surface area contributed by atoms with Crippen LogP contribution in [0.4, 0.5) is 0 Å². The van der Waals surface area contributed by atoms with Crippen LogP contribution in [0.5, 0.6) is 0 Å². The molecule has 0 spiro atoms. The molecule has 1 aliphatic heterocycles. The second-order valence-corrected chi connectivity index (χ2v) is 5.15. The topological polar surface area (TPSA) is 80.6 Å². The Hall–Kier alpha value is -2.93. The Morgan fingerprint density at radius 1 is 1.26 bits per heavy atom. The molecule has 1 fully saturated rings. The maximum atomic E-state index is 11.6. The summed E-state index contributed by atoms with van der Waals surface area (Å²) in [6.07, 6.45) is 1.56. The van der Waals surface area contributed by atoms with E-state index in [1.807, 2.05) is 6.07 Å². The van der Waals surface area contributed by atoms with Crippen LogP contribution < -0.4 is 10.6 Å². The molecule has 6 nitrogen and oxygen atoms in total. The number of furan rings is 1. The molecule has 2 N–H and O–H groups in total. The lowest BCUT2D eigenvalue weighted by molar-refractivity contribution is -0.115. The Morgan fingerprint density at radius 2 is 2.09 bits per heavy atom. The lowest BCUT2D eigenvalue weighted by Gasteiger charge is -2.01. The molecule has 1 aromatic heterocycles. The second-order valence-electron chi connectivity index (χ2n) is 4.74. The minimum Gasteiger partial charge on any atom is -0.465 e. The van der Waals surface area contributed by atoms with Gasteiger partial charge in [0.2, 0.25) is 0 Å². The Bertz CT molecular complexity index is 838. The molecule has 23 heavy (non-hydrogen) atoms. The normalized spacial score (nSPS) is 15.4. The first-order valence-corrected chi connectivity index (χ1v) is 7.10. The third-order valence-corrected chi connectivity index (χ3v) is 3.41. The first-order valence-electron chi connectivity index (χ1n) is 6.69. The number of methoxy groups -OCH3 is 1. The molecule has 7 heteroatoms. The van der Waals surface area contributed by atoms with Crippen molar-refractivity contribution in [2.75, 3.05) is 7.11 Å². The number of esters is 1. The smallest absolute Gasteiger partial charge is 0.337 e. The molecular weight excluding hydrogens is 316 g/mol. The lowest BCUT2D eigenvalue weighted by atomic mass is 10.1. The summed E-state index contributed by atoms with van der Waals surface area (Å²) < 4.78 is 10.4. The van der Waals surface area contributed by atoms with Crippen LogP contribution in [0.2, 0.25) is 0 Å². The molecule has 2 heterocycles. The van der Waals surface area contributed by atoms with E-state index in [0.29, 0.717) is 22.8 Å². The van der Waals surface area contributed by atoms with Crippen molar-refractivity contribution in [1.82, 2.24) is 10.6 Å². The number of benzene rings is 1. The summed E-state index contributed by atoms with van der Waals surface area (Å²) in [6.45, 7) is 0. The van der Waals surface area contributed by atoms with Gasteiger partial charge in [0, 0.05) is 11.6 Å². The molecule has 1 amide bonds. The fourth-order valence-electron chi connectivity index (χ4n) is 2.13. The number of amides is 1. The predicted octanol–water partition coefficient (Wildman–Crippen LogP) is 2.08. The van der Waals surface area contributed by atoms with Crippen LogP contribution in [0.25, 0.3) is 17.4 Å². The van der Waals surface area contributed by atoms with Gasteiger partial charge in [-0.05, 0) is 36.5 Å². The van der Waals surface area contributed by atoms with Gasteiger partial charge in [-0.2, -0.15) is 0 Å². The standard InChI is InChI=1S/C16H12N2O4S/c1-21-15(20)10-4-2-3-9(7-10)13-6-5-11(22-13)8-12-14(19)18-16(23)17-12/h2-8H,1H3,(H2,17,18,19,23)/b12-8-. The third kappa shape index (κ3) is 3.14. The van der Waals surface area contributed by atoms with Crippen LogP contribution in [0.1, 0.15) is 16.1 Å². The van der Waals surface area contributed by atoms with Crippen LogP contribution >= 0.6 is 12.2 Å². The SMILES string of the molecule is COC(=O)c1cccc(-c2ccc(/C=C3\NC(=S)NC3=O)o2)c1. The van der Waals surface area contributed by atoms with E-state index in [4.69, 9.17) is 21.4 Å². The molecule has 0 unspecified atom stereocenters. The fourth-order valence-corrected chi connectivity index (χ4v) is 2.33. The molecule has 2 aromatic rings. The molecular formula is C16H12N2O4S. The summed E-state index contributed by atoms with van der Waals surface area (Å²) in [6, 6.07) is 10.4. The molecule has 3 rings (SSSR count). The highest BCUT2D eigenvalue weighted by Gasteiger charge is 2.20. The van der Waals surface area contributed by atoms with E-state index in [2.05, 4.69) is 10.6 Å². The first kappa shape index (κ1) is 15.0. The van der Waals surface area contributed by atoms with Gasteiger partial charge in [0.1, 0.15) is 17.2 Å². The van der Waals surface area contributed by atoms with Gasteiger partial charge < -0.3 is 14.5 Å². The Morgan fingerprint density at radius 3 is 2.78 bits per heavy atom. The van der Waals surface area contributed by atoms with E-state index < -0.39 is 5.97 Å². The average molecular weight is 328 g/mol. The van der Waals surface area contributed by atoms with Crippen molar-refractivity contribution in [1.29, 1.82) is 0 Å². The summed E-state index contributed by atoms with van der Waals surface area (Å²) >= 11 is 4.86. The maximum Gasteiger partial charge on any atom is 0.337 e. The number of rotatable bonds is 3. The minimum atomic E-state index is -0.416. The highest BCUT2D eigenvalue weighted by atomic mass is 32.1. The lowest BCUT2D eigenvalue weighted by Crippen LogP contribution is -2.21. The van der Waals surface area contributed by atoms with Gasteiger partial charge in [-0.15, -0.1) is 0 Å². The van der Waals surface area contributed by atoms with Gasteiger partial charge in [-0.1, -0.05) is 12.1 Å². The largest absolute Gasteiger partial charge is 0.465 e. The van der Waals surface area contributed by atoms with Gasteiger partial charge in [-0.3, -0.25) is 10.1 Å². The van der Waals surface area contributed by atoms with Crippen LogP contribution in [-0.4, -0.2) is 24.1 Å². The summed E-state index contributed by atoms with van der Waals surface area (Å²) in [5.41, 5.74) is 1.49. The van der Waals surface area contributed by atoms with E-state index >= 15 is 0 Å². The molecule has 0 aliphatic carbocycles. The predicted molar refractivity (Wildman–Crippen MR) is 87.3 cm³/mol. The van der Waals surface area contributed by atoms with Crippen molar-refractivity contribution in [2.24, 2.45) is 0 Å². The summed E-state index contributed by atoms with van der Waals surface area (Å²) in [7, 11) is 1.33. The van der Waals surface area contributed by atoms with Gasteiger partial charge in [0.05, 0.1) is 12.7 Å². The van der Waals surface area contributed by atoms with E-state index in [1.165, 1.54) is 7.11 Å². The monoisotopic (exact) mass is 328 g/mol. The van der Waals surface area contributed by atoms with E-state index in [0.717, 1.165) is 5.56 Å². The van der Waals surface area contributed by atoms with Crippen LogP contribution in [-0.2, 0) is 9.53 Å². The van der Waals surface area contributed by atoms with Crippen molar-refractivity contribution in [2.45, 2.75) is 0 Å². The van der Waals surface area contributed by atoms with Crippen molar-refractivity contribution in [3.8, 4) is 11.3 Å². The summed E-state index contributed by atoms with van der Waals surface area (Å²) in [4.78, 5) is 23.2. The molecule has 0 radical (unpaired) electrons. The van der Waals surface area contributed by atoms with Crippen LogP contribution in [0.15, 0.2) is 46.5 Å². The van der Waals surface area contributed by atoms with Gasteiger partial charge in [0.25, 0.3) is 5.91 Å². The quantitative estimate of drug-likeness (QED) is 0.510. The number of carbonyl (C=O) groups is 2. The Balaban J connectivity index is 1.88. The molecule has 116 valence electrons. The minimum absolute atomic E-state index is 0.263. The van der Waals surface area contributed by atoms with Gasteiger partial charge >= 0.3 is 5.97 Å². The van der Waals surface area contributed by atoms with Gasteiger partial charge in [0.15, 0.2) is 5.11 Å². The van der Waals surface area contributed by atoms with Crippen molar-refractivity contribution >= 4 is 35.3 Å². The Labute approximate surface area is 137 Å². The molecule has 0 saturated carbocycles. The van der Waals surface area contributed by atoms with E-state index in [-0.39, 0.29) is 11.0 Å². The maximum absolute atomic E-state index is 11.6. The van der Waals surface area contributed by atoms with E-state index in [9.17, 15) is 9.59 Å². The van der Waals surface area contributed by atoms with Crippen molar-refractivity contribution in [3.63, 3.8) is 0 Å². The number of carbonyl (C=O) groups excluding carboxylic acids is 2. The molecule has 1 saturated heterocycles. The highest BCUT2D eigenvalue weighted by molar-refractivity contribution is 7.80. The number of hydrogen-bond donors (Lipinski definition) is 2. The summed E-state index contributed by atoms with van der Waals surface area (Å²) in [5, 5.41) is 5.48. The molecule has 0 atom stereocenters. The van der Waals surface area contributed by atoms with Gasteiger partial charge in [-0.25, -0.2) is 4.79 Å². The zero-order valence-corrected chi connectivity index (χ0v) is 12.9. The highest BCUT2D eigenvalue weighted by Crippen LogP contribution is 2.24. The fraction of sp³-hybridized carbons (Fsp3) is 0.0625. The number of ether oxygens (including phenoxy) is 1. The zero-order valence-electron chi connectivity index (χ0n) is 12.1. The molecule has 0 bridgehead atoms. The number of nitrogens with one attached hydrogen (secondary N) is 2. The van der Waals surface area contributed by atoms with Crippen molar-refractivity contribution in [3.05, 3.63) is 53.4 Å². The molecule has 1 aromatic carbocycles. The van der Waals surface area contributed by atoms with Crippen LogP contribution in [0, 0.1) is 0 Å². The van der Waals surface area contributed by atoms with Crippen molar-refractivity contribution < 1.29 is 18.7 Å². The third-order valence-electron chi connectivity index (χ3n) is 3.20. The average Bonchev–Trinajstić information content (AvgIpc) is 3.14. The first-order chi connectivity index (χ1) is 11.1. The summed E-state index contributed by atoms with van der Waals surface area (Å²) in [5.74, 6) is 0.344. The number of thiocarbonyl (C=S) groups is 1. The van der Waals surface area contributed by atoms with Crippen LogP contribution in [0.3, 0.4) is 0 Å². The number of hydrogen-bond acceptors (Lipinski definition) is 5. The second kappa shape index (κ2) is 6.05. The zero-order chi connectivity index (χ0) is 16.4. The molecule has 1 aliphatic rings. The Kier molecular flexibility index (Phi) is 3.94. The van der Waals surface area contributed by atoms with E-state index in [1.54, 1.807) is 36.4 Å².